The van der Waals surface area contributed by atoms with Gasteiger partial charge in [0.15, 0.2) is 7.14 Å². The Morgan fingerprint density at radius 3 is 1.71 bits per heavy atom. The van der Waals surface area contributed by atoms with E-state index in [2.05, 4.69) is 65.1 Å². The highest BCUT2D eigenvalue weighted by Gasteiger charge is 2.14. The number of hydrogen-bond donors (Lipinski definition) is 0. The molecule has 0 aromatic heterocycles. The lowest BCUT2D eigenvalue weighted by Gasteiger charge is -2.08. The minimum absolute atomic E-state index is 0.115. The molecule has 0 aliphatic heterocycles. The van der Waals surface area contributed by atoms with E-state index in [0.717, 1.165) is 11.5 Å². The van der Waals surface area contributed by atoms with E-state index < -0.39 is 0 Å². The molecule has 0 saturated heterocycles. The van der Waals surface area contributed by atoms with E-state index in [1.165, 1.54) is 10.7 Å². The number of ether oxygens (including phenoxy) is 2. The molecule has 0 N–H and O–H groups in total. The lowest BCUT2D eigenvalue weighted by Crippen LogP contribution is -3.61. The van der Waals surface area contributed by atoms with Crippen LogP contribution in [-0.4, -0.2) is 13.2 Å². The molecular formula is C20H17I2O2+. The van der Waals surface area contributed by atoms with Crippen LogP contribution in [0.3, 0.4) is 0 Å². The fourth-order valence-corrected chi connectivity index (χ4v) is 4.62. The number of rotatable bonds is 7. The first-order valence-electron chi connectivity index (χ1n) is 7.61. The van der Waals surface area contributed by atoms with Gasteiger partial charge < -0.3 is 9.47 Å². The maximum Gasteiger partial charge on any atom is 0.357 e. The zero-order valence-corrected chi connectivity index (χ0v) is 17.3. The summed E-state index contributed by atoms with van der Waals surface area (Å²) in [5.74, 6) is 1.77. The molecule has 122 valence electrons. The molecular weight excluding hydrogens is 526 g/mol. The summed E-state index contributed by atoms with van der Waals surface area (Å²) in [6.45, 7) is 1.08. The van der Waals surface area contributed by atoms with Gasteiger partial charge in [0.2, 0.25) is 0 Å². The average molecular weight is 543 g/mol. The molecule has 0 spiro atoms. The predicted octanol–water partition coefficient (Wildman–Crippen LogP) is 1.88. The van der Waals surface area contributed by atoms with Crippen LogP contribution < -0.4 is 30.7 Å². The van der Waals surface area contributed by atoms with Crippen molar-refractivity contribution in [1.29, 1.82) is 0 Å². The first kappa shape index (κ1) is 17.5. The van der Waals surface area contributed by atoms with E-state index in [1.807, 2.05) is 36.4 Å². The molecule has 0 heterocycles. The number of benzene rings is 3. The fraction of sp³-hybridized carbons (Fsp3) is 0.100. The van der Waals surface area contributed by atoms with Gasteiger partial charge in [-0.15, -0.1) is 0 Å². The van der Waals surface area contributed by atoms with Crippen LogP contribution in [0.2, 0.25) is 0 Å². The molecule has 24 heavy (non-hydrogen) atoms. The highest BCUT2D eigenvalue weighted by Crippen LogP contribution is 2.13. The maximum absolute atomic E-state index is 5.74. The van der Waals surface area contributed by atoms with E-state index in [-0.39, 0.29) is 21.2 Å². The SMILES string of the molecule is Ic1ccc(OCCOc2ccc([I+]c3ccccc3)cc2)cc1. The molecule has 3 rings (SSSR count). The normalized spacial score (nSPS) is 10.4. The van der Waals surface area contributed by atoms with Gasteiger partial charge in [0, 0.05) is 3.57 Å². The Morgan fingerprint density at radius 2 is 1.12 bits per heavy atom. The van der Waals surface area contributed by atoms with Crippen LogP contribution in [0.4, 0.5) is 0 Å². The summed E-state index contributed by atoms with van der Waals surface area (Å²) in [4.78, 5) is 0. The van der Waals surface area contributed by atoms with Crippen LogP contribution in [0.5, 0.6) is 11.5 Å². The zero-order valence-electron chi connectivity index (χ0n) is 13.0. The summed E-state index contributed by atoms with van der Waals surface area (Å²) >= 11 is 2.17. The monoisotopic (exact) mass is 543 g/mol. The van der Waals surface area contributed by atoms with Crippen LogP contribution >= 0.6 is 22.6 Å². The molecule has 3 aromatic rings. The standard InChI is InChI=1S/C20H17I2O2/c21-16-6-10-19(11-7-16)23-14-15-24-20-12-8-18(9-13-20)22-17-4-2-1-3-5-17/h1-13H,14-15H2/q+1. The van der Waals surface area contributed by atoms with Gasteiger partial charge in [-0.1, -0.05) is 18.2 Å². The molecule has 0 atom stereocenters. The van der Waals surface area contributed by atoms with Crippen molar-refractivity contribution in [3.8, 4) is 11.5 Å². The van der Waals surface area contributed by atoms with Gasteiger partial charge in [-0.05, 0) is 83.3 Å². The van der Waals surface area contributed by atoms with Crippen molar-refractivity contribution in [3.05, 3.63) is 89.6 Å². The average Bonchev–Trinajstić information content (AvgIpc) is 2.62. The molecule has 0 bridgehead atoms. The van der Waals surface area contributed by atoms with Gasteiger partial charge in [0.05, 0.1) is 0 Å². The Bertz CT molecular complexity index is 741. The van der Waals surface area contributed by atoms with Crippen LogP contribution in [0.25, 0.3) is 0 Å². The number of halogens is 2. The Morgan fingerprint density at radius 1 is 0.625 bits per heavy atom. The minimum Gasteiger partial charge on any atom is -0.490 e. The Balaban J connectivity index is 1.43. The molecule has 4 heteroatoms. The third-order valence-corrected chi connectivity index (χ3v) is 6.60. The molecule has 3 aromatic carbocycles. The summed E-state index contributed by atoms with van der Waals surface area (Å²) < 4.78 is 15.4. The van der Waals surface area contributed by atoms with E-state index in [4.69, 9.17) is 9.47 Å². The second kappa shape index (κ2) is 9.27. The first-order chi connectivity index (χ1) is 11.8. The van der Waals surface area contributed by atoms with Gasteiger partial charge in [0.25, 0.3) is 0 Å². The smallest absolute Gasteiger partial charge is 0.357 e. The van der Waals surface area contributed by atoms with Gasteiger partial charge in [-0.2, -0.15) is 0 Å². The second-order valence-electron chi connectivity index (χ2n) is 4.99. The van der Waals surface area contributed by atoms with Crippen LogP contribution in [-0.2, 0) is 0 Å². The zero-order chi connectivity index (χ0) is 16.6. The van der Waals surface area contributed by atoms with Crippen molar-refractivity contribution in [1.82, 2.24) is 0 Å². The van der Waals surface area contributed by atoms with Crippen LogP contribution in [0.15, 0.2) is 78.9 Å². The fourth-order valence-electron chi connectivity index (χ4n) is 2.05. The highest BCUT2D eigenvalue weighted by molar-refractivity contribution is 14.1. The van der Waals surface area contributed by atoms with E-state index >= 15 is 0 Å². The van der Waals surface area contributed by atoms with Crippen LogP contribution in [0, 0.1) is 10.7 Å². The van der Waals surface area contributed by atoms with Gasteiger partial charge >= 0.3 is 21.2 Å². The third-order valence-electron chi connectivity index (χ3n) is 3.20. The van der Waals surface area contributed by atoms with Crippen LogP contribution in [0.1, 0.15) is 0 Å². The Hall–Kier alpha value is -1.28. The molecule has 2 nitrogen and oxygen atoms in total. The molecule has 0 aliphatic carbocycles. The molecule has 0 fully saturated rings. The molecule has 0 aliphatic rings. The molecule has 0 amide bonds. The summed E-state index contributed by atoms with van der Waals surface area (Å²) in [6, 6.07) is 27.1. The topological polar surface area (TPSA) is 18.5 Å². The summed E-state index contributed by atoms with van der Waals surface area (Å²) in [6.07, 6.45) is 0. The second-order valence-corrected chi connectivity index (χ2v) is 9.27. The van der Waals surface area contributed by atoms with Gasteiger partial charge in [-0.3, -0.25) is 0 Å². The largest absolute Gasteiger partial charge is 0.490 e. The van der Waals surface area contributed by atoms with Crippen molar-refractivity contribution in [2.45, 2.75) is 0 Å². The summed E-state index contributed by atoms with van der Waals surface area (Å²) in [7, 11) is 0. The van der Waals surface area contributed by atoms with Gasteiger partial charge in [-0.25, -0.2) is 0 Å². The predicted molar refractivity (Wildman–Crippen MR) is 100 cm³/mol. The van der Waals surface area contributed by atoms with Crippen molar-refractivity contribution in [2.75, 3.05) is 13.2 Å². The minimum atomic E-state index is -0.115. The van der Waals surface area contributed by atoms with Crippen molar-refractivity contribution >= 4 is 22.6 Å². The Labute approximate surface area is 166 Å². The summed E-state index contributed by atoms with van der Waals surface area (Å²) in [5.41, 5.74) is 0. The number of hydrogen-bond acceptors (Lipinski definition) is 2. The maximum atomic E-state index is 5.74. The first-order valence-corrected chi connectivity index (χ1v) is 10.8. The van der Waals surface area contributed by atoms with E-state index in [9.17, 15) is 0 Å². The van der Waals surface area contributed by atoms with Crippen molar-refractivity contribution in [3.63, 3.8) is 0 Å². The lowest BCUT2D eigenvalue weighted by atomic mass is 10.3. The molecule has 0 unspecified atom stereocenters. The van der Waals surface area contributed by atoms with E-state index in [0.29, 0.717) is 13.2 Å². The highest BCUT2D eigenvalue weighted by atomic mass is 127. The molecule has 0 radical (unpaired) electrons. The van der Waals surface area contributed by atoms with E-state index in [1.54, 1.807) is 0 Å². The third kappa shape index (κ3) is 5.66. The quantitative estimate of drug-likeness (QED) is 0.335. The van der Waals surface area contributed by atoms with Gasteiger partial charge in [0.1, 0.15) is 24.7 Å². The van der Waals surface area contributed by atoms with Crippen molar-refractivity contribution < 1.29 is 30.7 Å². The Kier molecular flexibility index (Phi) is 6.77. The lowest BCUT2D eigenvalue weighted by molar-refractivity contribution is -0.597. The molecule has 0 saturated carbocycles. The van der Waals surface area contributed by atoms with Crippen molar-refractivity contribution in [2.24, 2.45) is 0 Å². The summed E-state index contributed by atoms with van der Waals surface area (Å²) in [5, 5.41) is 0.